The van der Waals surface area contributed by atoms with Crippen molar-refractivity contribution in [2.75, 3.05) is 5.32 Å². The van der Waals surface area contributed by atoms with Crippen LogP contribution in [0.5, 0.6) is 0 Å². The van der Waals surface area contributed by atoms with Crippen molar-refractivity contribution in [1.29, 1.82) is 0 Å². The van der Waals surface area contributed by atoms with Gasteiger partial charge in [-0.3, -0.25) is 9.78 Å². The van der Waals surface area contributed by atoms with Gasteiger partial charge < -0.3 is 5.32 Å². The molecule has 0 bridgehead atoms. The topological polar surface area (TPSA) is 42.0 Å². The van der Waals surface area contributed by atoms with Gasteiger partial charge >= 0.3 is 0 Å². The zero-order valence-corrected chi connectivity index (χ0v) is 13.3. The van der Waals surface area contributed by atoms with Crippen LogP contribution in [-0.2, 0) is 5.41 Å². The van der Waals surface area contributed by atoms with Crippen LogP contribution in [0.25, 0.3) is 0 Å². The highest BCUT2D eigenvalue weighted by Crippen LogP contribution is 2.21. The number of amides is 1. The third-order valence-electron chi connectivity index (χ3n) is 3.27. The molecule has 0 saturated heterocycles. The Balaban J connectivity index is 2.24. The molecule has 2 aromatic rings. The summed E-state index contributed by atoms with van der Waals surface area (Å²) in [5.74, 6) is -0.104. The molecule has 0 aliphatic rings. The van der Waals surface area contributed by atoms with E-state index in [1.807, 2.05) is 32.0 Å². The van der Waals surface area contributed by atoms with Crippen molar-refractivity contribution in [3.8, 4) is 0 Å². The number of aromatic nitrogens is 1. The first kappa shape index (κ1) is 15.2. The second-order valence-electron chi connectivity index (χ2n) is 6.51. The second-order valence-corrected chi connectivity index (χ2v) is 6.51. The van der Waals surface area contributed by atoms with Gasteiger partial charge in [0, 0.05) is 28.6 Å². The summed E-state index contributed by atoms with van der Waals surface area (Å²) in [5.41, 5.74) is 4.57. The van der Waals surface area contributed by atoms with E-state index in [2.05, 4.69) is 37.1 Å². The minimum atomic E-state index is -0.104. The molecule has 0 saturated carbocycles. The van der Waals surface area contributed by atoms with E-state index in [9.17, 15) is 4.79 Å². The van der Waals surface area contributed by atoms with Crippen molar-refractivity contribution in [3.63, 3.8) is 0 Å². The summed E-state index contributed by atoms with van der Waals surface area (Å²) in [5, 5.41) is 2.95. The average molecular weight is 282 g/mol. The van der Waals surface area contributed by atoms with Gasteiger partial charge in [0.25, 0.3) is 5.91 Å². The Hall–Kier alpha value is -2.16. The molecular weight excluding hydrogens is 260 g/mol. The largest absolute Gasteiger partial charge is 0.322 e. The van der Waals surface area contributed by atoms with Gasteiger partial charge in [-0.1, -0.05) is 26.8 Å². The fourth-order valence-corrected chi connectivity index (χ4v) is 2.23. The highest BCUT2D eigenvalue weighted by molar-refractivity contribution is 6.04. The maximum Gasteiger partial charge on any atom is 0.255 e. The van der Waals surface area contributed by atoms with E-state index in [1.54, 1.807) is 12.3 Å². The fourth-order valence-electron chi connectivity index (χ4n) is 2.23. The number of carbonyl (C=O) groups is 1. The Kier molecular flexibility index (Phi) is 4.12. The van der Waals surface area contributed by atoms with Gasteiger partial charge in [0.2, 0.25) is 0 Å². The standard InChI is InChI=1S/C18H22N2O/c1-12-8-13(2)10-15(9-12)20-17(21)14-6-7-19-16(11-14)18(3,4)5/h6-11H,1-5H3,(H,20,21). The molecule has 0 atom stereocenters. The van der Waals surface area contributed by atoms with E-state index in [0.717, 1.165) is 22.5 Å². The highest BCUT2D eigenvalue weighted by Gasteiger charge is 2.17. The number of hydrogen-bond donors (Lipinski definition) is 1. The third kappa shape index (κ3) is 3.91. The maximum atomic E-state index is 12.4. The van der Waals surface area contributed by atoms with Crippen LogP contribution in [0, 0.1) is 13.8 Å². The number of nitrogens with one attached hydrogen (secondary N) is 1. The summed E-state index contributed by atoms with van der Waals surface area (Å²) in [4.78, 5) is 16.7. The van der Waals surface area contributed by atoms with Gasteiger partial charge in [0.05, 0.1) is 0 Å². The number of carbonyl (C=O) groups excluding carboxylic acids is 1. The molecule has 1 aromatic carbocycles. The molecule has 21 heavy (non-hydrogen) atoms. The molecular formula is C18H22N2O. The molecule has 1 N–H and O–H groups in total. The van der Waals surface area contributed by atoms with E-state index in [4.69, 9.17) is 0 Å². The van der Waals surface area contributed by atoms with Gasteiger partial charge in [-0.2, -0.15) is 0 Å². The number of aryl methyl sites for hydroxylation is 2. The average Bonchev–Trinajstić information content (AvgIpc) is 2.36. The first-order valence-electron chi connectivity index (χ1n) is 7.12. The Morgan fingerprint density at radius 2 is 1.67 bits per heavy atom. The number of hydrogen-bond acceptors (Lipinski definition) is 2. The number of pyridine rings is 1. The number of nitrogens with zero attached hydrogens (tertiary/aromatic N) is 1. The van der Waals surface area contributed by atoms with Gasteiger partial charge in [0.15, 0.2) is 0 Å². The van der Waals surface area contributed by atoms with Gasteiger partial charge in [-0.15, -0.1) is 0 Å². The smallest absolute Gasteiger partial charge is 0.255 e. The quantitative estimate of drug-likeness (QED) is 0.894. The molecule has 0 fully saturated rings. The SMILES string of the molecule is Cc1cc(C)cc(NC(=O)c2ccnc(C(C)(C)C)c2)c1. The second kappa shape index (κ2) is 5.68. The first-order valence-corrected chi connectivity index (χ1v) is 7.12. The lowest BCUT2D eigenvalue weighted by molar-refractivity contribution is 0.102. The van der Waals surface area contributed by atoms with Crippen LogP contribution in [0.4, 0.5) is 5.69 Å². The Bertz CT molecular complexity index is 649. The van der Waals surface area contributed by atoms with Crippen LogP contribution in [0.15, 0.2) is 36.5 Å². The van der Waals surface area contributed by atoms with Crippen molar-refractivity contribution in [1.82, 2.24) is 4.98 Å². The molecule has 3 nitrogen and oxygen atoms in total. The Labute approximate surface area is 126 Å². The molecule has 0 unspecified atom stereocenters. The van der Waals surface area contributed by atoms with Crippen LogP contribution in [0.1, 0.15) is 48.0 Å². The van der Waals surface area contributed by atoms with Gasteiger partial charge in [-0.25, -0.2) is 0 Å². The van der Waals surface area contributed by atoms with E-state index in [1.165, 1.54) is 0 Å². The van der Waals surface area contributed by atoms with Crippen LogP contribution < -0.4 is 5.32 Å². The summed E-state index contributed by atoms with van der Waals surface area (Å²) < 4.78 is 0. The van der Waals surface area contributed by atoms with Crippen LogP contribution >= 0.6 is 0 Å². The van der Waals surface area contributed by atoms with E-state index < -0.39 is 0 Å². The number of rotatable bonds is 2. The molecule has 110 valence electrons. The molecule has 0 radical (unpaired) electrons. The summed E-state index contributed by atoms with van der Waals surface area (Å²) >= 11 is 0. The van der Waals surface area contributed by atoms with Crippen molar-refractivity contribution in [2.45, 2.75) is 40.0 Å². The minimum absolute atomic E-state index is 0.0732. The molecule has 1 heterocycles. The van der Waals surface area contributed by atoms with Gasteiger partial charge in [-0.05, 0) is 49.2 Å². The highest BCUT2D eigenvalue weighted by atomic mass is 16.1. The predicted octanol–water partition coefficient (Wildman–Crippen LogP) is 4.25. The van der Waals surface area contributed by atoms with Crippen LogP contribution in [-0.4, -0.2) is 10.9 Å². The van der Waals surface area contributed by atoms with Crippen molar-refractivity contribution in [2.24, 2.45) is 0 Å². The monoisotopic (exact) mass is 282 g/mol. The molecule has 0 aliphatic heterocycles. The van der Waals surface area contributed by atoms with Crippen LogP contribution in [0.3, 0.4) is 0 Å². The van der Waals surface area contributed by atoms with Crippen molar-refractivity contribution < 1.29 is 4.79 Å². The summed E-state index contributed by atoms with van der Waals surface area (Å²) in [6, 6.07) is 9.62. The number of benzene rings is 1. The van der Waals surface area contributed by atoms with Crippen LogP contribution in [0.2, 0.25) is 0 Å². The third-order valence-corrected chi connectivity index (χ3v) is 3.27. The summed E-state index contributed by atoms with van der Waals surface area (Å²) in [6.45, 7) is 10.3. The normalized spacial score (nSPS) is 11.3. The van der Waals surface area contributed by atoms with E-state index in [-0.39, 0.29) is 11.3 Å². The lowest BCUT2D eigenvalue weighted by atomic mass is 9.91. The Morgan fingerprint density at radius 3 is 2.24 bits per heavy atom. The molecule has 3 heteroatoms. The lowest BCUT2D eigenvalue weighted by Gasteiger charge is -2.18. The maximum absolute atomic E-state index is 12.4. The van der Waals surface area contributed by atoms with Gasteiger partial charge in [0.1, 0.15) is 0 Å². The summed E-state index contributed by atoms with van der Waals surface area (Å²) in [7, 11) is 0. The zero-order valence-electron chi connectivity index (χ0n) is 13.3. The van der Waals surface area contributed by atoms with E-state index >= 15 is 0 Å². The summed E-state index contributed by atoms with van der Waals surface area (Å²) in [6.07, 6.45) is 1.69. The molecule has 0 spiro atoms. The predicted molar refractivity (Wildman–Crippen MR) is 86.8 cm³/mol. The molecule has 1 aromatic heterocycles. The molecule has 0 aliphatic carbocycles. The zero-order chi connectivity index (χ0) is 15.6. The lowest BCUT2D eigenvalue weighted by Crippen LogP contribution is -2.17. The van der Waals surface area contributed by atoms with Crippen molar-refractivity contribution in [3.05, 3.63) is 58.9 Å². The molecule has 2 rings (SSSR count). The van der Waals surface area contributed by atoms with E-state index in [0.29, 0.717) is 5.56 Å². The first-order chi connectivity index (χ1) is 9.75. The van der Waals surface area contributed by atoms with Crippen molar-refractivity contribution >= 4 is 11.6 Å². The Morgan fingerprint density at radius 1 is 1.05 bits per heavy atom. The number of anilines is 1. The minimum Gasteiger partial charge on any atom is -0.322 e. The molecule has 1 amide bonds. The fraction of sp³-hybridized carbons (Fsp3) is 0.333.